The highest BCUT2D eigenvalue weighted by Crippen LogP contribution is 2.26. The summed E-state index contributed by atoms with van der Waals surface area (Å²) < 4.78 is 61.5. The van der Waals surface area contributed by atoms with Crippen LogP contribution in [-0.4, -0.2) is 43.4 Å². The number of sulfone groups is 1. The molecular weight excluding hydrogens is 440 g/mol. The Morgan fingerprint density at radius 3 is 2.28 bits per heavy atom. The Bertz CT molecular complexity index is 1190. The molecule has 2 heterocycles. The molecule has 0 saturated carbocycles. The van der Waals surface area contributed by atoms with Crippen molar-refractivity contribution < 1.29 is 31.1 Å². The summed E-state index contributed by atoms with van der Waals surface area (Å²) in [4.78, 5) is 14.4. The molecule has 0 bridgehead atoms. The summed E-state index contributed by atoms with van der Waals surface area (Å²) in [6.07, 6.45) is 0.330. The van der Waals surface area contributed by atoms with Gasteiger partial charge in [0.2, 0.25) is 0 Å². The van der Waals surface area contributed by atoms with Crippen molar-refractivity contribution in [3.63, 3.8) is 0 Å². The van der Waals surface area contributed by atoms with Gasteiger partial charge in [-0.05, 0) is 67.1 Å². The molecule has 1 saturated heterocycles. The van der Waals surface area contributed by atoms with Gasteiger partial charge in [-0.15, -0.1) is 0 Å². The van der Waals surface area contributed by atoms with Gasteiger partial charge >= 0.3 is 0 Å². The van der Waals surface area contributed by atoms with Crippen LogP contribution in [0.5, 0.6) is 5.75 Å². The molecule has 9 heteroatoms. The van der Waals surface area contributed by atoms with Crippen LogP contribution in [0, 0.1) is 11.6 Å². The first-order valence-corrected chi connectivity index (χ1v) is 11.8. The molecule has 0 radical (unpaired) electrons. The van der Waals surface area contributed by atoms with Crippen molar-refractivity contribution in [1.82, 2.24) is 4.90 Å². The van der Waals surface area contributed by atoms with Crippen molar-refractivity contribution in [3.05, 3.63) is 78.1 Å². The fraction of sp³-hybridized carbons (Fsp3) is 0.261. The lowest BCUT2D eigenvalue weighted by Crippen LogP contribution is -2.43. The Morgan fingerprint density at radius 2 is 1.66 bits per heavy atom. The van der Waals surface area contributed by atoms with Crippen molar-refractivity contribution in [2.75, 3.05) is 18.1 Å². The maximum atomic E-state index is 13.2. The second kappa shape index (κ2) is 9.12. The van der Waals surface area contributed by atoms with E-state index in [9.17, 15) is 22.0 Å². The quantitative estimate of drug-likeness (QED) is 0.535. The lowest BCUT2D eigenvalue weighted by Gasteiger charge is -2.27. The molecule has 1 aromatic heterocycles. The third-order valence-electron chi connectivity index (χ3n) is 5.26. The first-order valence-electron chi connectivity index (χ1n) is 10.0. The molecule has 168 valence electrons. The van der Waals surface area contributed by atoms with Crippen LogP contribution in [0.2, 0.25) is 0 Å². The van der Waals surface area contributed by atoms with Gasteiger partial charge in [-0.3, -0.25) is 4.79 Å². The minimum Gasteiger partial charge on any atom is -0.484 e. The molecule has 4 rings (SSSR count). The zero-order chi connectivity index (χ0) is 22.7. The average molecular weight is 461 g/mol. The molecule has 6 nitrogen and oxygen atoms in total. The normalized spacial score (nSPS) is 17.2. The number of furan rings is 1. The zero-order valence-corrected chi connectivity index (χ0v) is 17.9. The largest absolute Gasteiger partial charge is 0.484 e. The van der Waals surface area contributed by atoms with Gasteiger partial charge in [0.15, 0.2) is 16.4 Å². The number of nitrogens with zero attached hydrogens (tertiary/aromatic N) is 1. The second-order valence-corrected chi connectivity index (χ2v) is 9.82. The average Bonchev–Trinajstić information content (AvgIpc) is 3.38. The third kappa shape index (κ3) is 5.34. The molecule has 0 aliphatic carbocycles. The van der Waals surface area contributed by atoms with E-state index in [0.717, 1.165) is 0 Å². The molecule has 0 unspecified atom stereocenters. The fourth-order valence-electron chi connectivity index (χ4n) is 3.60. The van der Waals surface area contributed by atoms with Crippen LogP contribution in [0.3, 0.4) is 0 Å². The predicted molar refractivity (Wildman–Crippen MR) is 114 cm³/mol. The van der Waals surface area contributed by atoms with Gasteiger partial charge in [0.05, 0.1) is 18.1 Å². The summed E-state index contributed by atoms with van der Waals surface area (Å²) in [5.74, 6) is 0.00136. The van der Waals surface area contributed by atoms with Crippen LogP contribution in [-0.2, 0) is 21.2 Å². The van der Waals surface area contributed by atoms with Crippen LogP contribution >= 0.6 is 0 Å². The van der Waals surface area contributed by atoms with E-state index >= 15 is 0 Å². The van der Waals surface area contributed by atoms with E-state index in [1.54, 1.807) is 24.3 Å². The van der Waals surface area contributed by atoms with Crippen LogP contribution in [0.15, 0.2) is 65.1 Å². The number of carbonyl (C=O) groups excluding carboxylic acids is 1. The topological polar surface area (TPSA) is 76.8 Å². The minimum atomic E-state index is -3.22. The molecule has 1 aliphatic rings. The van der Waals surface area contributed by atoms with Gasteiger partial charge in [0, 0.05) is 11.6 Å². The smallest absolute Gasteiger partial charge is 0.261 e. The van der Waals surface area contributed by atoms with E-state index in [0.29, 0.717) is 29.3 Å². The molecule has 2 aromatic carbocycles. The molecular formula is C23H21F2NO5S. The van der Waals surface area contributed by atoms with Crippen LogP contribution in [0.25, 0.3) is 11.3 Å². The van der Waals surface area contributed by atoms with Crippen molar-refractivity contribution >= 4 is 15.7 Å². The maximum Gasteiger partial charge on any atom is 0.261 e. The Hall–Kier alpha value is -3.20. The monoisotopic (exact) mass is 461 g/mol. The number of hydrogen-bond acceptors (Lipinski definition) is 5. The summed E-state index contributed by atoms with van der Waals surface area (Å²) in [5, 5.41) is 0. The lowest BCUT2D eigenvalue weighted by molar-refractivity contribution is -0.136. The molecule has 1 fully saturated rings. The molecule has 1 aliphatic heterocycles. The maximum absolute atomic E-state index is 13.2. The standard InChI is InChI=1S/C23H21F2NO5S/c24-17-3-1-16(2-4-17)22-10-9-21(31-22)13-26(19-11-12-32(28,29)15-19)23(27)14-30-20-7-5-18(25)6-8-20/h1-10,19H,11-15H2/t19-/m0/s1. The SMILES string of the molecule is O=C(COc1ccc(F)cc1)N(Cc1ccc(-c2ccc(F)cc2)o1)[C@H]1CCS(=O)(=O)C1. The summed E-state index contributed by atoms with van der Waals surface area (Å²) >= 11 is 0. The van der Waals surface area contributed by atoms with E-state index in [2.05, 4.69) is 0 Å². The molecule has 1 atom stereocenters. The first kappa shape index (κ1) is 22.0. The number of carbonyl (C=O) groups is 1. The van der Waals surface area contributed by atoms with Gasteiger partial charge in [0.25, 0.3) is 5.91 Å². The predicted octanol–water partition coefficient (Wildman–Crippen LogP) is 3.82. The number of ether oxygens (including phenoxy) is 1. The van der Waals surface area contributed by atoms with Crippen LogP contribution in [0.1, 0.15) is 12.2 Å². The molecule has 1 amide bonds. The number of benzene rings is 2. The van der Waals surface area contributed by atoms with E-state index in [1.807, 2.05) is 0 Å². The highest BCUT2D eigenvalue weighted by molar-refractivity contribution is 7.91. The Kier molecular flexibility index (Phi) is 6.27. The summed E-state index contributed by atoms with van der Waals surface area (Å²) in [5.41, 5.74) is 0.679. The van der Waals surface area contributed by atoms with Gasteiger partial charge in [-0.2, -0.15) is 0 Å². The van der Waals surface area contributed by atoms with Gasteiger partial charge in [-0.25, -0.2) is 17.2 Å². The lowest BCUT2D eigenvalue weighted by atomic mass is 10.2. The summed E-state index contributed by atoms with van der Waals surface area (Å²) in [6, 6.07) is 14.0. The molecule has 0 spiro atoms. The molecule has 32 heavy (non-hydrogen) atoms. The highest BCUT2D eigenvalue weighted by Gasteiger charge is 2.35. The fourth-order valence-corrected chi connectivity index (χ4v) is 5.33. The van der Waals surface area contributed by atoms with E-state index < -0.39 is 27.6 Å². The molecule has 3 aromatic rings. The minimum absolute atomic E-state index is 0.0131. The van der Waals surface area contributed by atoms with Crippen molar-refractivity contribution in [2.24, 2.45) is 0 Å². The number of amides is 1. The summed E-state index contributed by atoms with van der Waals surface area (Å²) in [6.45, 7) is -0.263. The van der Waals surface area contributed by atoms with E-state index in [-0.39, 0.29) is 30.5 Å². The highest BCUT2D eigenvalue weighted by atomic mass is 32.2. The van der Waals surface area contributed by atoms with E-state index in [4.69, 9.17) is 9.15 Å². The second-order valence-electron chi connectivity index (χ2n) is 7.59. The van der Waals surface area contributed by atoms with Crippen molar-refractivity contribution in [2.45, 2.75) is 19.0 Å². The Labute approximate surface area is 184 Å². The Morgan fingerprint density at radius 1 is 1.00 bits per heavy atom. The first-order chi connectivity index (χ1) is 15.3. The van der Waals surface area contributed by atoms with Crippen LogP contribution < -0.4 is 4.74 Å². The van der Waals surface area contributed by atoms with Crippen molar-refractivity contribution in [1.29, 1.82) is 0 Å². The Balaban J connectivity index is 1.50. The van der Waals surface area contributed by atoms with Gasteiger partial charge < -0.3 is 14.1 Å². The van der Waals surface area contributed by atoms with Crippen molar-refractivity contribution in [3.8, 4) is 17.1 Å². The summed E-state index contributed by atoms with van der Waals surface area (Å²) in [7, 11) is -3.22. The number of halogens is 2. The van der Waals surface area contributed by atoms with Gasteiger partial charge in [0.1, 0.15) is 28.9 Å². The number of hydrogen-bond donors (Lipinski definition) is 0. The number of rotatable bonds is 7. The molecule has 0 N–H and O–H groups in total. The third-order valence-corrected chi connectivity index (χ3v) is 7.01. The zero-order valence-electron chi connectivity index (χ0n) is 17.0. The van der Waals surface area contributed by atoms with Crippen LogP contribution in [0.4, 0.5) is 8.78 Å². The van der Waals surface area contributed by atoms with E-state index in [1.165, 1.54) is 41.3 Å². The van der Waals surface area contributed by atoms with Gasteiger partial charge in [-0.1, -0.05) is 0 Å².